The van der Waals surface area contributed by atoms with E-state index in [0.29, 0.717) is 22.0 Å². The quantitative estimate of drug-likeness (QED) is 0.848. The first-order chi connectivity index (χ1) is 10.8. The molecule has 0 spiro atoms. The first kappa shape index (κ1) is 17.1. The molecule has 122 valence electrons. The Kier molecular flexibility index (Phi) is 5.50. The van der Waals surface area contributed by atoms with Gasteiger partial charge in [-0.3, -0.25) is 9.59 Å². The molecule has 0 saturated heterocycles. The minimum absolute atomic E-state index is 0.0270. The maximum atomic E-state index is 12.5. The molecule has 0 radical (unpaired) electrons. The van der Waals surface area contributed by atoms with Crippen molar-refractivity contribution in [3.05, 3.63) is 45.4 Å². The third-order valence-corrected chi connectivity index (χ3v) is 4.19. The minimum Gasteiger partial charge on any atom is -0.481 e. The summed E-state index contributed by atoms with van der Waals surface area (Å²) in [6, 6.07) is 6.84. The second kappa shape index (κ2) is 7.37. The number of carboxylic acids is 1. The first-order valence-electron chi connectivity index (χ1n) is 7.43. The number of anilines is 1. The second-order valence-electron chi connectivity index (χ2n) is 5.83. The van der Waals surface area contributed by atoms with Crippen LogP contribution >= 0.6 is 11.3 Å². The average Bonchev–Trinajstić information content (AvgIpc) is 2.80. The SMILES string of the molecule is Cc1nc(CC(C)C)c(C(=O)Nc2ccc(CC(=O)O)cc2)s1. The van der Waals surface area contributed by atoms with E-state index in [0.717, 1.165) is 17.1 Å². The zero-order chi connectivity index (χ0) is 17.0. The predicted octanol–water partition coefficient (Wildman–Crippen LogP) is 3.53. The molecule has 2 rings (SSSR count). The van der Waals surface area contributed by atoms with E-state index in [4.69, 9.17) is 5.11 Å². The molecule has 2 N–H and O–H groups in total. The number of nitrogens with zero attached hydrogens (tertiary/aromatic N) is 1. The van der Waals surface area contributed by atoms with E-state index < -0.39 is 5.97 Å². The van der Waals surface area contributed by atoms with Crippen LogP contribution in [-0.2, 0) is 17.6 Å². The predicted molar refractivity (Wildman–Crippen MR) is 91.1 cm³/mol. The highest BCUT2D eigenvalue weighted by molar-refractivity contribution is 7.13. The lowest BCUT2D eigenvalue weighted by atomic mass is 10.1. The van der Waals surface area contributed by atoms with Crippen LogP contribution in [0.1, 0.15) is 39.8 Å². The summed E-state index contributed by atoms with van der Waals surface area (Å²) in [6.07, 6.45) is 0.742. The molecule has 0 aliphatic rings. The fourth-order valence-corrected chi connectivity index (χ4v) is 3.08. The Morgan fingerprint density at radius 1 is 1.26 bits per heavy atom. The summed E-state index contributed by atoms with van der Waals surface area (Å²) < 4.78 is 0. The van der Waals surface area contributed by atoms with Crippen molar-refractivity contribution >= 4 is 28.9 Å². The number of carbonyl (C=O) groups is 2. The fourth-order valence-electron chi connectivity index (χ4n) is 2.24. The molecule has 0 unspecified atom stereocenters. The lowest BCUT2D eigenvalue weighted by Crippen LogP contribution is -2.13. The Labute approximate surface area is 139 Å². The Morgan fingerprint density at radius 3 is 2.48 bits per heavy atom. The Bertz CT molecular complexity index is 705. The van der Waals surface area contributed by atoms with E-state index in [1.807, 2.05) is 6.92 Å². The van der Waals surface area contributed by atoms with Crippen molar-refractivity contribution in [2.45, 2.75) is 33.6 Å². The lowest BCUT2D eigenvalue weighted by molar-refractivity contribution is -0.136. The first-order valence-corrected chi connectivity index (χ1v) is 8.25. The van der Waals surface area contributed by atoms with Crippen LogP contribution in [0.25, 0.3) is 0 Å². The number of aryl methyl sites for hydroxylation is 1. The van der Waals surface area contributed by atoms with Gasteiger partial charge in [-0.2, -0.15) is 0 Å². The van der Waals surface area contributed by atoms with Crippen molar-refractivity contribution in [2.75, 3.05) is 5.32 Å². The standard InChI is InChI=1S/C17H20N2O3S/c1-10(2)8-14-16(23-11(3)18-14)17(22)19-13-6-4-12(5-7-13)9-15(20)21/h4-7,10H,8-9H2,1-3H3,(H,19,22)(H,20,21). The molecule has 0 saturated carbocycles. The van der Waals surface area contributed by atoms with Crippen molar-refractivity contribution < 1.29 is 14.7 Å². The molecule has 0 fully saturated rings. The van der Waals surface area contributed by atoms with Crippen LogP contribution in [0.3, 0.4) is 0 Å². The number of hydrogen-bond donors (Lipinski definition) is 2. The Balaban J connectivity index is 2.11. The zero-order valence-electron chi connectivity index (χ0n) is 13.4. The molecule has 6 heteroatoms. The number of benzene rings is 1. The Hall–Kier alpha value is -2.21. The van der Waals surface area contributed by atoms with Gasteiger partial charge in [-0.05, 0) is 37.0 Å². The molecule has 0 atom stereocenters. The molecular weight excluding hydrogens is 312 g/mol. The molecule has 2 aromatic rings. The van der Waals surface area contributed by atoms with Crippen LogP contribution < -0.4 is 5.32 Å². The molecule has 5 nitrogen and oxygen atoms in total. The number of hydrogen-bond acceptors (Lipinski definition) is 4. The van der Waals surface area contributed by atoms with Crippen molar-refractivity contribution in [3.8, 4) is 0 Å². The molecule has 0 aliphatic heterocycles. The van der Waals surface area contributed by atoms with Crippen molar-refractivity contribution in [1.82, 2.24) is 4.98 Å². The van der Waals surface area contributed by atoms with Gasteiger partial charge in [0.25, 0.3) is 5.91 Å². The van der Waals surface area contributed by atoms with E-state index in [1.54, 1.807) is 24.3 Å². The summed E-state index contributed by atoms with van der Waals surface area (Å²) in [5.41, 5.74) is 2.18. The smallest absolute Gasteiger partial charge is 0.307 e. The highest BCUT2D eigenvalue weighted by Gasteiger charge is 2.17. The van der Waals surface area contributed by atoms with E-state index in [1.165, 1.54) is 11.3 Å². The number of aliphatic carboxylic acids is 1. The number of carboxylic acid groups (broad SMARTS) is 1. The lowest BCUT2D eigenvalue weighted by Gasteiger charge is -2.07. The third-order valence-electron chi connectivity index (χ3n) is 3.18. The normalized spacial score (nSPS) is 10.8. The molecule has 23 heavy (non-hydrogen) atoms. The van der Waals surface area contributed by atoms with E-state index >= 15 is 0 Å². The fraction of sp³-hybridized carbons (Fsp3) is 0.353. The van der Waals surface area contributed by atoms with Gasteiger partial charge >= 0.3 is 5.97 Å². The molecule has 0 bridgehead atoms. The van der Waals surface area contributed by atoms with Gasteiger partial charge in [0.1, 0.15) is 4.88 Å². The third kappa shape index (κ3) is 4.89. The summed E-state index contributed by atoms with van der Waals surface area (Å²) in [5, 5.41) is 12.5. The van der Waals surface area contributed by atoms with E-state index in [-0.39, 0.29) is 12.3 Å². The summed E-state index contributed by atoms with van der Waals surface area (Å²) in [5.74, 6) is -0.615. The molecule has 1 heterocycles. The summed E-state index contributed by atoms with van der Waals surface area (Å²) >= 11 is 1.39. The average molecular weight is 332 g/mol. The Morgan fingerprint density at radius 2 is 1.91 bits per heavy atom. The maximum Gasteiger partial charge on any atom is 0.307 e. The molecule has 0 aliphatic carbocycles. The van der Waals surface area contributed by atoms with Crippen LogP contribution in [-0.4, -0.2) is 22.0 Å². The van der Waals surface area contributed by atoms with Crippen LogP contribution in [0, 0.1) is 12.8 Å². The van der Waals surface area contributed by atoms with Crippen LogP contribution in [0.5, 0.6) is 0 Å². The maximum absolute atomic E-state index is 12.5. The van der Waals surface area contributed by atoms with Gasteiger partial charge in [0.05, 0.1) is 17.1 Å². The molecule has 1 aromatic heterocycles. The number of aromatic nitrogens is 1. The zero-order valence-corrected chi connectivity index (χ0v) is 14.2. The van der Waals surface area contributed by atoms with Gasteiger partial charge in [0, 0.05) is 5.69 Å². The van der Waals surface area contributed by atoms with Gasteiger partial charge < -0.3 is 10.4 Å². The van der Waals surface area contributed by atoms with E-state index in [9.17, 15) is 9.59 Å². The number of rotatable bonds is 6. The summed E-state index contributed by atoms with van der Waals surface area (Å²) in [4.78, 5) is 28.2. The highest BCUT2D eigenvalue weighted by atomic mass is 32.1. The number of thiazole rings is 1. The van der Waals surface area contributed by atoms with Crippen molar-refractivity contribution in [1.29, 1.82) is 0 Å². The van der Waals surface area contributed by atoms with Gasteiger partial charge in [-0.1, -0.05) is 26.0 Å². The van der Waals surface area contributed by atoms with Gasteiger partial charge in [-0.15, -0.1) is 11.3 Å². The van der Waals surface area contributed by atoms with Gasteiger partial charge in [-0.25, -0.2) is 4.98 Å². The molecular formula is C17H20N2O3S. The van der Waals surface area contributed by atoms with Crippen molar-refractivity contribution in [3.63, 3.8) is 0 Å². The van der Waals surface area contributed by atoms with Gasteiger partial charge in [0.2, 0.25) is 0 Å². The second-order valence-corrected chi connectivity index (χ2v) is 7.03. The summed E-state index contributed by atoms with van der Waals surface area (Å²) in [6.45, 7) is 6.08. The van der Waals surface area contributed by atoms with Gasteiger partial charge in [0.15, 0.2) is 0 Å². The number of carbonyl (C=O) groups excluding carboxylic acids is 1. The van der Waals surface area contributed by atoms with Crippen molar-refractivity contribution in [2.24, 2.45) is 5.92 Å². The van der Waals surface area contributed by atoms with Crippen LogP contribution in [0.4, 0.5) is 5.69 Å². The minimum atomic E-state index is -0.875. The van der Waals surface area contributed by atoms with E-state index in [2.05, 4.69) is 24.1 Å². The van der Waals surface area contributed by atoms with Crippen LogP contribution in [0.2, 0.25) is 0 Å². The summed E-state index contributed by atoms with van der Waals surface area (Å²) in [7, 11) is 0. The molecule has 1 amide bonds. The topological polar surface area (TPSA) is 79.3 Å². The number of amides is 1. The highest BCUT2D eigenvalue weighted by Crippen LogP contribution is 2.22. The number of nitrogens with one attached hydrogen (secondary N) is 1. The monoisotopic (exact) mass is 332 g/mol. The molecule has 1 aromatic carbocycles. The largest absolute Gasteiger partial charge is 0.481 e. The van der Waals surface area contributed by atoms with Crippen LogP contribution in [0.15, 0.2) is 24.3 Å².